The number of hydrogen-bond acceptors (Lipinski definition) is 2. The van der Waals surface area contributed by atoms with Crippen LogP contribution in [0.1, 0.15) is 26.7 Å². The minimum atomic E-state index is -0.249. The van der Waals surface area contributed by atoms with Gasteiger partial charge in [0.2, 0.25) is 0 Å². The van der Waals surface area contributed by atoms with Gasteiger partial charge in [0, 0.05) is 22.7 Å². The Morgan fingerprint density at radius 1 is 1.14 bits per heavy atom. The van der Waals surface area contributed by atoms with Crippen molar-refractivity contribution in [3.8, 4) is 11.3 Å². The number of aromatic amines is 1. The number of anilines is 1. The van der Waals surface area contributed by atoms with Gasteiger partial charge in [-0.3, -0.25) is 5.10 Å². The van der Waals surface area contributed by atoms with E-state index in [-0.39, 0.29) is 5.82 Å². The van der Waals surface area contributed by atoms with Gasteiger partial charge in [-0.1, -0.05) is 26.0 Å². The van der Waals surface area contributed by atoms with Crippen molar-refractivity contribution >= 4 is 16.6 Å². The Kier molecular flexibility index (Phi) is 4.09. The van der Waals surface area contributed by atoms with Crippen LogP contribution < -0.4 is 5.32 Å². The molecule has 0 aliphatic carbocycles. The lowest BCUT2D eigenvalue weighted by molar-refractivity contribution is 0.628. The fraction of sp³-hybridized carbons (Fsp3) is 0.278. The first-order valence-corrected chi connectivity index (χ1v) is 7.71. The third-order valence-electron chi connectivity index (χ3n) is 4.02. The maximum atomic E-state index is 13.4. The number of halogens is 1. The first-order chi connectivity index (χ1) is 10.7. The zero-order chi connectivity index (χ0) is 15.5. The molecule has 1 aromatic heterocycles. The molecule has 4 heteroatoms. The summed E-state index contributed by atoms with van der Waals surface area (Å²) in [5.74, 6) is -0.249. The predicted octanol–water partition coefficient (Wildman–Crippen LogP) is 4.97. The molecule has 0 bridgehead atoms. The quantitative estimate of drug-likeness (QED) is 0.698. The van der Waals surface area contributed by atoms with Crippen molar-refractivity contribution < 1.29 is 4.39 Å². The van der Waals surface area contributed by atoms with Gasteiger partial charge >= 0.3 is 0 Å². The second kappa shape index (κ2) is 6.18. The fourth-order valence-electron chi connectivity index (χ4n) is 2.69. The average Bonchev–Trinajstić information content (AvgIpc) is 2.95. The smallest absolute Gasteiger partial charge is 0.123 e. The molecule has 0 radical (unpaired) electrons. The Morgan fingerprint density at radius 3 is 2.68 bits per heavy atom. The van der Waals surface area contributed by atoms with Gasteiger partial charge in [0.25, 0.3) is 0 Å². The van der Waals surface area contributed by atoms with Crippen LogP contribution in [-0.4, -0.2) is 16.2 Å². The molecule has 0 amide bonds. The van der Waals surface area contributed by atoms with Crippen LogP contribution in [0.5, 0.6) is 0 Å². The normalized spacial score (nSPS) is 11.3. The van der Waals surface area contributed by atoms with Gasteiger partial charge < -0.3 is 5.32 Å². The summed E-state index contributed by atoms with van der Waals surface area (Å²) in [7, 11) is 0. The summed E-state index contributed by atoms with van der Waals surface area (Å²) < 4.78 is 13.4. The van der Waals surface area contributed by atoms with Gasteiger partial charge in [-0.15, -0.1) is 0 Å². The van der Waals surface area contributed by atoms with Crippen molar-refractivity contribution in [1.82, 2.24) is 10.2 Å². The van der Waals surface area contributed by atoms with E-state index in [1.165, 1.54) is 12.1 Å². The molecule has 0 atom stereocenters. The van der Waals surface area contributed by atoms with Crippen LogP contribution in [0, 0.1) is 5.82 Å². The van der Waals surface area contributed by atoms with Gasteiger partial charge in [0.1, 0.15) is 11.5 Å². The summed E-state index contributed by atoms with van der Waals surface area (Å²) in [6.45, 7) is 4.36. The van der Waals surface area contributed by atoms with Crippen molar-refractivity contribution in [3.05, 3.63) is 48.3 Å². The molecule has 22 heavy (non-hydrogen) atoms. The second-order valence-corrected chi connectivity index (χ2v) is 5.50. The van der Waals surface area contributed by atoms with Crippen LogP contribution in [-0.2, 0) is 0 Å². The highest BCUT2D eigenvalue weighted by Gasteiger charge is 2.10. The molecule has 0 fully saturated rings. The molecule has 0 aliphatic heterocycles. The molecule has 0 aliphatic rings. The Hall–Kier alpha value is -2.36. The van der Waals surface area contributed by atoms with Crippen LogP contribution in [0.2, 0.25) is 0 Å². The topological polar surface area (TPSA) is 40.7 Å². The molecule has 3 rings (SSSR count). The van der Waals surface area contributed by atoms with Gasteiger partial charge in [-0.25, -0.2) is 4.39 Å². The Bertz CT molecular complexity index is 775. The van der Waals surface area contributed by atoms with Crippen LogP contribution in [0.4, 0.5) is 10.1 Å². The molecule has 3 nitrogen and oxygen atoms in total. The predicted molar refractivity (Wildman–Crippen MR) is 89.5 cm³/mol. The van der Waals surface area contributed by atoms with E-state index < -0.39 is 0 Å². The van der Waals surface area contributed by atoms with E-state index in [0.29, 0.717) is 6.04 Å². The Labute approximate surface area is 129 Å². The van der Waals surface area contributed by atoms with E-state index in [9.17, 15) is 4.39 Å². The van der Waals surface area contributed by atoms with Crippen molar-refractivity contribution in [2.75, 3.05) is 5.32 Å². The van der Waals surface area contributed by atoms with Crippen LogP contribution >= 0.6 is 0 Å². The number of nitrogens with one attached hydrogen (secondary N) is 2. The molecule has 3 aromatic rings. The van der Waals surface area contributed by atoms with Crippen LogP contribution in [0.3, 0.4) is 0 Å². The summed E-state index contributed by atoms with van der Waals surface area (Å²) in [5.41, 5.74) is 3.60. The molecule has 0 saturated carbocycles. The molecule has 0 unspecified atom stereocenters. The van der Waals surface area contributed by atoms with Gasteiger partial charge in [0.15, 0.2) is 0 Å². The van der Waals surface area contributed by atoms with E-state index in [1.807, 2.05) is 12.1 Å². The van der Waals surface area contributed by atoms with Gasteiger partial charge in [-0.05, 0) is 43.2 Å². The number of rotatable bonds is 5. The number of aromatic nitrogens is 2. The first-order valence-electron chi connectivity index (χ1n) is 7.71. The van der Waals surface area contributed by atoms with Crippen molar-refractivity contribution in [3.63, 3.8) is 0 Å². The zero-order valence-electron chi connectivity index (χ0n) is 12.9. The SMILES string of the molecule is CCC(CC)Nc1ccc2c(-c3cccc(F)c3)n[nH]c2c1. The molecule has 0 saturated heterocycles. The molecule has 0 spiro atoms. The summed E-state index contributed by atoms with van der Waals surface area (Å²) in [5, 5.41) is 11.9. The number of hydrogen-bond donors (Lipinski definition) is 2. The third kappa shape index (κ3) is 2.82. The lowest BCUT2D eigenvalue weighted by Crippen LogP contribution is -2.16. The summed E-state index contributed by atoms with van der Waals surface area (Å²) in [6.07, 6.45) is 2.18. The third-order valence-corrected chi connectivity index (χ3v) is 4.02. The van der Waals surface area contributed by atoms with Crippen molar-refractivity contribution in [2.45, 2.75) is 32.7 Å². The molecule has 114 valence electrons. The largest absolute Gasteiger partial charge is 0.382 e. The van der Waals surface area contributed by atoms with E-state index in [0.717, 1.165) is 40.7 Å². The highest BCUT2D eigenvalue weighted by atomic mass is 19.1. The number of benzene rings is 2. The number of fused-ring (bicyclic) bond motifs is 1. The van der Waals surface area contributed by atoms with Crippen molar-refractivity contribution in [2.24, 2.45) is 0 Å². The Balaban J connectivity index is 1.96. The molecular formula is C18H20FN3. The standard InChI is InChI=1S/C18H20FN3/c1-3-14(4-2)20-15-8-9-16-17(11-15)21-22-18(16)12-6-5-7-13(19)10-12/h5-11,14,20H,3-4H2,1-2H3,(H,21,22). The van der Waals surface area contributed by atoms with Crippen molar-refractivity contribution in [1.29, 1.82) is 0 Å². The van der Waals surface area contributed by atoms with E-state index in [2.05, 4.69) is 41.5 Å². The van der Waals surface area contributed by atoms with Crippen LogP contribution in [0.15, 0.2) is 42.5 Å². The van der Waals surface area contributed by atoms with Crippen LogP contribution in [0.25, 0.3) is 22.2 Å². The first kappa shape index (κ1) is 14.6. The molecule has 2 aromatic carbocycles. The highest BCUT2D eigenvalue weighted by Crippen LogP contribution is 2.28. The monoisotopic (exact) mass is 297 g/mol. The van der Waals surface area contributed by atoms with E-state index >= 15 is 0 Å². The minimum Gasteiger partial charge on any atom is -0.382 e. The summed E-state index contributed by atoms with van der Waals surface area (Å²) >= 11 is 0. The lowest BCUT2D eigenvalue weighted by Gasteiger charge is -2.16. The maximum absolute atomic E-state index is 13.4. The second-order valence-electron chi connectivity index (χ2n) is 5.50. The number of nitrogens with zero attached hydrogens (tertiary/aromatic N) is 1. The van der Waals surface area contributed by atoms with E-state index in [1.54, 1.807) is 6.07 Å². The minimum absolute atomic E-state index is 0.249. The molecule has 1 heterocycles. The fourth-order valence-corrected chi connectivity index (χ4v) is 2.69. The zero-order valence-corrected chi connectivity index (χ0v) is 12.9. The van der Waals surface area contributed by atoms with Gasteiger partial charge in [-0.2, -0.15) is 5.10 Å². The lowest BCUT2D eigenvalue weighted by atomic mass is 10.1. The molecular weight excluding hydrogens is 277 g/mol. The summed E-state index contributed by atoms with van der Waals surface area (Å²) in [4.78, 5) is 0. The number of H-pyrrole nitrogens is 1. The summed E-state index contributed by atoms with van der Waals surface area (Å²) in [6, 6.07) is 13.1. The average molecular weight is 297 g/mol. The molecule has 2 N–H and O–H groups in total. The highest BCUT2D eigenvalue weighted by molar-refractivity contribution is 5.94. The van der Waals surface area contributed by atoms with E-state index in [4.69, 9.17) is 0 Å². The van der Waals surface area contributed by atoms with Gasteiger partial charge in [0.05, 0.1) is 5.52 Å². The Morgan fingerprint density at radius 2 is 1.95 bits per heavy atom. The maximum Gasteiger partial charge on any atom is 0.123 e.